The lowest BCUT2D eigenvalue weighted by molar-refractivity contribution is -0.143. The fourth-order valence-corrected chi connectivity index (χ4v) is 2.44. The van der Waals surface area contributed by atoms with E-state index in [0.717, 1.165) is 12.1 Å². The van der Waals surface area contributed by atoms with Crippen molar-refractivity contribution in [2.24, 2.45) is 0 Å². The molecule has 0 spiro atoms. The van der Waals surface area contributed by atoms with Crippen molar-refractivity contribution in [1.82, 2.24) is 10.3 Å². The number of rotatable bonds is 5. The van der Waals surface area contributed by atoms with Gasteiger partial charge in [0, 0.05) is 23.2 Å². The van der Waals surface area contributed by atoms with Crippen molar-refractivity contribution < 1.29 is 27.5 Å². The van der Waals surface area contributed by atoms with E-state index >= 15 is 0 Å². The second-order valence-corrected chi connectivity index (χ2v) is 5.57. The first-order chi connectivity index (χ1) is 13.0. The number of nitrogens with one attached hydrogen (secondary N) is 1. The summed E-state index contributed by atoms with van der Waals surface area (Å²) in [7, 11) is 0. The number of benzene rings is 2. The first kappa shape index (κ1) is 18.4. The lowest BCUT2D eigenvalue weighted by atomic mass is 10.1. The van der Waals surface area contributed by atoms with Crippen LogP contribution in [0.25, 0.3) is 10.9 Å². The van der Waals surface area contributed by atoms with Crippen molar-refractivity contribution in [3.63, 3.8) is 0 Å². The zero-order valence-corrected chi connectivity index (χ0v) is 13.8. The highest BCUT2D eigenvalue weighted by atomic mass is 19.1. The lowest BCUT2D eigenvalue weighted by Gasteiger charge is -2.09. The summed E-state index contributed by atoms with van der Waals surface area (Å²) < 4.78 is 45.2. The molecule has 0 radical (unpaired) electrons. The zero-order chi connectivity index (χ0) is 19.4. The first-order valence-corrected chi connectivity index (χ1v) is 7.86. The maximum absolute atomic E-state index is 13.7. The van der Waals surface area contributed by atoms with Gasteiger partial charge in [-0.05, 0) is 30.3 Å². The van der Waals surface area contributed by atoms with E-state index in [-0.39, 0.29) is 6.61 Å². The van der Waals surface area contributed by atoms with Crippen LogP contribution in [0.2, 0.25) is 0 Å². The average Bonchev–Trinajstić information content (AvgIpc) is 2.66. The Morgan fingerprint density at radius 2 is 1.85 bits per heavy atom. The molecule has 3 rings (SSSR count). The van der Waals surface area contributed by atoms with Crippen molar-refractivity contribution in [1.29, 1.82) is 0 Å². The summed E-state index contributed by atoms with van der Waals surface area (Å²) in [5.74, 6) is -3.95. The number of esters is 1. The van der Waals surface area contributed by atoms with Gasteiger partial charge in [-0.25, -0.2) is 13.2 Å². The molecule has 0 saturated heterocycles. The molecule has 1 heterocycles. The van der Waals surface area contributed by atoms with Crippen LogP contribution in [0.4, 0.5) is 13.2 Å². The molecule has 0 saturated carbocycles. The van der Waals surface area contributed by atoms with E-state index < -0.39 is 41.4 Å². The predicted molar refractivity (Wildman–Crippen MR) is 90.2 cm³/mol. The molecule has 1 amide bonds. The standard InChI is InChI=1S/C19H13F3N2O3/c20-12-4-5-14(16(22)8-12)19(26)24-9-17(25)27-10-11-3-6-15(21)13-2-1-7-23-18(11)13/h1-8H,9-10H2,(H,24,26). The average molecular weight is 374 g/mol. The summed E-state index contributed by atoms with van der Waals surface area (Å²) in [6.45, 7) is -0.685. The minimum atomic E-state index is -1.04. The zero-order valence-electron chi connectivity index (χ0n) is 13.8. The minimum Gasteiger partial charge on any atom is -0.459 e. The quantitative estimate of drug-likeness (QED) is 0.697. The Bertz CT molecular complexity index is 1020. The van der Waals surface area contributed by atoms with Crippen LogP contribution in [0, 0.1) is 17.5 Å². The third kappa shape index (κ3) is 4.22. The monoisotopic (exact) mass is 374 g/mol. The highest BCUT2D eigenvalue weighted by Crippen LogP contribution is 2.20. The van der Waals surface area contributed by atoms with Gasteiger partial charge in [0.2, 0.25) is 0 Å². The molecular weight excluding hydrogens is 361 g/mol. The summed E-state index contributed by atoms with van der Waals surface area (Å²) in [5.41, 5.74) is 0.469. The minimum absolute atomic E-state index is 0.173. The van der Waals surface area contributed by atoms with E-state index in [9.17, 15) is 22.8 Å². The van der Waals surface area contributed by atoms with Crippen LogP contribution in [0.5, 0.6) is 0 Å². The molecule has 27 heavy (non-hydrogen) atoms. The Morgan fingerprint density at radius 1 is 1.04 bits per heavy atom. The van der Waals surface area contributed by atoms with Crippen molar-refractivity contribution >= 4 is 22.8 Å². The van der Waals surface area contributed by atoms with Crippen LogP contribution in [0.15, 0.2) is 48.7 Å². The van der Waals surface area contributed by atoms with E-state index in [0.29, 0.717) is 22.5 Å². The largest absolute Gasteiger partial charge is 0.459 e. The Kier molecular flexibility index (Phi) is 5.35. The third-order valence-corrected chi connectivity index (χ3v) is 3.76. The summed E-state index contributed by atoms with van der Waals surface area (Å²) in [6, 6.07) is 8.31. The van der Waals surface area contributed by atoms with Gasteiger partial charge in [0.1, 0.15) is 30.6 Å². The van der Waals surface area contributed by atoms with Crippen molar-refractivity contribution in [3.8, 4) is 0 Å². The molecule has 0 unspecified atom stereocenters. The van der Waals surface area contributed by atoms with E-state index in [1.54, 1.807) is 12.1 Å². The Balaban J connectivity index is 1.59. The van der Waals surface area contributed by atoms with E-state index in [2.05, 4.69) is 10.3 Å². The predicted octanol–water partition coefficient (Wildman–Crippen LogP) is 3.13. The number of hydrogen-bond acceptors (Lipinski definition) is 4. The van der Waals surface area contributed by atoms with Crippen LogP contribution in [0.3, 0.4) is 0 Å². The molecule has 0 aliphatic rings. The number of fused-ring (bicyclic) bond motifs is 1. The molecule has 5 nitrogen and oxygen atoms in total. The highest BCUT2D eigenvalue weighted by Gasteiger charge is 2.14. The Labute approximate surface area is 151 Å². The number of amides is 1. The maximum Gasteiger partial charge on any atom is 0.325 e. The smallest absolute Gasteiger partial charge is 0.325 e. The second kappa shape index (κ2) is 7.86. The molecule has 0 aliphatic heterocycles. The molecule has 0 aliphatic carbocycles. The van der Waals surface area contributed by atoms with Crippen LogP contribution in [0.1, 0.15) is 15.9 Å². The third-order valence-electron chi connectivity index (χ3n) is 3.76. The number of nitrogens with zero attached hydrogens (tertiary/aromatic N) is 1. The summed E-state index contributed by atoms with van der Waals surface area (Å²) in [6.07, 6.45) is 1.49. The number of halogens is 3. The molecule has 138 valence electrons. The number of carbonyl (C=O) groups is 2. The molecule has 0 bridgehead atoms. The summed E-state index contributed by atoms with van der Waals surface area (Å²) >= 11 is 0. The highest BCUT2D eigenvalue weighted by molar-refractivity contribution is 5.96. The van der Waals surface area contributed by atoms with Gasteiger partial charge in [-0.3, -0.25) is 14.6 Å². The van der Waals surface area contributed by atoms with Gasteiger partial charge < -0.3 is 10.1 Å². The number of aromatic nitrogens is 1. The first-order valence-electron chi connectivity index (χ1n) is 7.86. The van der Waals surface area contributed by atoms with Crippen molar-refractivity contribution in [2.45, 2.75) is 6.61 Å². The Hall–Kier alpha value is -3.42. The summed E-state index contributed by atoms with van der Waals surface area (Å²) in [5, 5.41) is 2.49. The molecule has 1 aromatic heterocycles. The molecule has 8 heteroatoms. The van der Waals surface area contributed by atoms with Crippen LogP contribution in [-0.4, -0.2) is 23.4 Å². The molecule has 0 atom stereocenters. The lowest BCUT2D eigenvalue weighted by Crippen LogP contribution is -2.31. The maximum atomic E-state index is 13.7. The van der Waals surface area contributed by atoms with Gasteiger partial charge >= 0.3 is 5.97 Å². The van der Waals surface area contributed by atoms with Crippen LogP contribution in [-0.2, 0) is 16.1 Å². The molecular formula is C19H13F3N2O3. The number of carbonyl (C=O) groups excluding carboxylic acids is 2. The van der Waals surface area contributed by atoms with E-state index in [1.807, 2.05) is 0 Å². The molecule has 2 aromatic carbocycles. The molecule has 3 aromatic rings. The number of pyridine rings is 1. The number of ether oxygens (including phenoxy) is 1. The van der Waals surface area contributed by atoms with Gasteiger partial charge in [-0.2, -0.15) is 0 Å². The fourth-order valence-electron chi connectivity index (χ4n) is 2.44. The normalized spacial score (nSPS) is 10.6. The molecule has 1 N–H and O–H groups in total. The van der Waals surface area contributed by atoms with Gasteiger partial charge in [-0.15, -0.1) is 0 Å². The van der Waals surface area contributed by atoms with Crippen LogP contribution < -0.4 is 5.32 Å². The van der Waals surface area contributed by atoms with Gasteiger partial charge in [0.15, 0.2) is 0 Å². The summed E-state index contributed by atoms with van der Waals surface area (Å²) in [4.78, 5) is 27.7. The van der Waals surface area contributed by atoms with Crippen molar-refractivity contribution in [3.05, 3.63) is 77.2 Å². The second-order valence-electron chi connectivity index (χ2n) is 5.57. The van der Waals surface area contributed by atoms with Crippen LogP contribution >= 0.6 is 0 Å². The Morgan fingerprint density at radius 3 is 2.63 bits per heavy atom. The molecule has 0 fully saturated rings. The topological polar surface area (TPSA) is 68.3 Å². The van der Waals surface area contributed by atoms with E-state index in [4.69, 9.17) is 4.74 Å². The SMILES string of the molecule is O=C(CNC(=O)c1ccc(F)cc1F)OCc1ccc(F)c2cccnc12. The van der Waals surface area contributed by atoms with E-state index in [1.165, 1.54) is 18.3 Å². The van der Waals surface area contributed by atoms with Gasteiger partial charge in [0.05, 0.1) is 11.1 Å². The van der Waals surface area contributed by atoms with Gasteiger partial charge in [-0.1, -0.05) is 6.07 Å². The number of hydrogen-bond donors (Lipinski definition) is 1. The van der Waals surface area contributed by atoms with Crippen molar-refractivity contribution in [2.75, 3.05) is 6.54 Å². The van der Waals surface area contributed by atoms with Gasteiger partial charge in [0.25, 0.3) is 5.91 Å². The fraction of sp³-hybridized carbons (Fsp3) is 0.105.